The van der Waals surface area contributed by atoms with Gasteiger partial charge in [-0.05, 0) is 24.7 Å². The van der Waals surface area contributed by atoms with E-state index in [-0.39, 0.29) is 0 Å². The molecule has 1 saturated carbocycles. The number of rotatable bonds is 0. The Hall–Kier alpha value is -0.260. The molecule has 0 aliphatic heterocycles. The number of allylic oxidation sites excluding steroid dienone is 2. The highest BCUT2D eigenvalue weighted by Crippen LogP contribution is 2.48. The molecule has 2 aliphatic carbocycles. The minimum atomic E-state index is 0.911. The molecular weight excluding hydrogens is 84.1 g/mol. The van der Waals surface area contributed by atoms with E-state index in [4.69, 9.17) is 0 Å². The monoisotopic (exact) mass is 94.1 g/mol. The molecule has 0 aromatic rings. The fraction of sp³-hybridized carbons (Fsp3) is 0.714. The Labute approximate surface area is 44.2 Å². The van der Waals surface area contributed by atoms with Crippen LogP contribution in [-0.2, 0) is 0 Å². The third-order valence-electron chi connectivity index (χ3n) is 2.00. The van der Waals surface area contributed by atoms with Gasteiger partial charge in [0.25, 0.3) is 0 Å². The summed E-state index contributed by atoms with van der Waals surface area (Å²) in [6.45, 7) is 2.30. The lowest BCUT2D eigenvalue weighted by Crippen LogP contribution is -1.83. The smallest absolute Gasteiger partial charge is 0.0160 e. The first-order valence-corrected chi connectivity index (χ1v) is 3.07. The van der Waals surface area contributed by atoms with Crippen molar-refractivity contribution in [3.63, 3.8) is 0 Å². The second-order valence-corrected chi connectivity index (χ2v) is 2.86. The highest BCUT2D eigenvalue weighted by atomic mass is 14.4. The van der Waals surface area contributed by atoms with Gasteiger partial charge in [-0.3, -0.25) is 0 Å². The molecule has 2 atom stereocenters. The van der Waals surface area contributed by atoms with E-state index < -0.39 is 0 Å². The van der Waals surface area contributed by atoms with Crippen LogP contribution >= 0.6 is 0 Å². The van der Waals surface area contributed by atoms with Gasteiger partial charge < -0.3 is 0 Å². The van der Waals surface area contributed by atoms with E-state index in [1.807, 2.05) is 0 Å². The van der Waals surface area contributed by atoms with Crippen molar-refractivity contribution in [2.45, 2.75) is 19.8 Å². The maximum Gasteiger partial charge on any atom is -0.0160 e. The average molecular weight is 94.2 g/mol. The molecular formula is C7H10. The van der Waals surface area contributed by atoms with Crippen molar-refractivity contribution in [3.8, 4) is 0 Å². The van der Waals surface area contributed by atoms with E-state index in [1.165, 1.54) is 12.8 Å². The summed E-state index contributed by atoms with van der Waals surface area (Å²) >= 11 is 0. The Kier molecular flexibility index (Phi) is 0.495. The topological polar surface area (TPSA) is 0 Å². The van der Waals surface area contributed by atoms with Gasteiger partial charge in [0.15, 0.2) is 0 Å². The van der Waals surface area contributed by atoms with Crippen molar-refractivity contribution in [2.75, 3.05) is 0 Å². The molecule has 0 spiro atoms. The first kappa shape index (κ1) is 3.71. The maximum absolute atomic E-state index is 2.44. The van der Waals surface area contributed by atoms with Crippen molar-refractivity contribution < 1.29 is 0 Å². The predicted molar refractivity (Wildman–Crippen MR) is 30.0 cm³/mol. The third-order valence-corrected chi connectivity index (χ3v) is 2.00. The van der Waals surface area contributed by atoms with Gasteiger partial charge in [-0.2, -0.15) is 0 Å². The summed E-state index contributed by atoms with van der Waals surface area (Å²) in [5, 5.41) is 0. The molecule has 2 aliphatic rings. The zero-order chi connectivity index (χ0) is 4.85. The average Bonchev–Trinajstić information content (AvgIpc) is 2.15. The quantitative estimate of drug-likeness (QED) is 0.402. The SMILES string of the molecule is CC1C=C2C[C@H]2C1. The Morgan fingerprint density at radius 1 is 1.71 bits per heavy atom. The Morgan fingerprint density at radius 2 is 2.57 bits per heavy atom. The highest BCUT2D eigenvalue weighted by molar-refractivity contribution is 5.29. The summed E-state index contributed by atoms with van der Waals surface area (Å²) in [5.41, 5.74) is 1.74. The van der Waals surface area contributed by atoms with Gasteiger partial charge >= 0.3 is 0 Å². The second kappa shape index (κ2) is 0.936. The van der Waals surface area contributed by atoms with Crippen LogP contribution in [0, 0.1) is 11.8 Å². The normalized spacial score (nSPS) is 45.6. The Bertz CT molecular complexity index is 122. The molecule has 0 amide bonds. The molecule has 0 aromatic heterocycles. The van der Waals surface area contributed by atoms with Gasteiger partial charge in [-0.15, -0.1) is 0 Å². The summed E-state index contributed by atoms with van der Waals surface area (Å²) in [7, 11) is 0. The van der Waals surface area contributed by atoms with Gasteiger partial charge in [0.05, 0.1) is 0 Å². The molecule has 0 heteroatoms. The van der Waals surface area contributed by atoms with Crippen LogP contribution < -0.4 is 0 Å². The van der Waals surface area contributed by atoms with Crippen molar-refractivity contribution >= 4 is 0 Å². The lowest BCUT2D eigenvalue weighted by atomic mass is 10.1. The van der Waals surface area contributed by atoms with Crippen molar-refractivity contribution in [3.05, 3.63) is 11.6 Å². The summed E-state index contributed by atoms with van der Waals surface area (Å²) in [6.07, 6.45) is 5.32. The van der Waals surface area contributed by atoms with Crippen LogP contribution in [0.2, 0.25) is 0 Å². The zero-order valence-electron chi connectivity index (χ0n) is 4.65. The molecule has 1 unspecified atom stereocenters. The van der Waals surface area contributed by atoms with Crippen molar-refractivity contribution in [2.24, 2.45) is 11.8 Å². The highest BCUT2D eigenvalue weighted by Gasteiger charge is 2.35. The van der Waals surface area contributed by atoms with Crippen LogP contribution in [-0.4, -0.2) is 0 Å². The summed E-state index contributed by atoms with van der Waals surface area (Å²) < 4.78 is 0. The van der Waals surface area contributed by atoms with Crippen molar-refractivity contribution in [1.82, 2.24) is 0 Å². The standard InChI is InChI=1S/C7H10/c1-5-2-6-4-7(6)3-5/h2,5,7H,3-4H2,1H3/t5?,7-/m1/s1. The molecule has 0 bridgehead atoms. The lowest BCUT2D eigenvalue weighted by molar-refractivity contribution is 0.630. The van der Waals surface area contributed by atoms with Crippen LogP contribution in [0.15, 0.2) is 11.6 Å². The predicted octanol–water partition coefficient (Wildman–Crippen LogP) is 1.97. The van der Waals surface area contributed by atoms with Crippen LogP contribution in [0.4, 0.5) is 0 Å². The molecule has 0 radical (unpaired) electrons. The van der Waals surface area contributed by atoms with Gasteiger partial charge in [-0.1, -0.05) is 18.6 Å². The van der Waals surface area contributed by atoms with E-state index >= 15 is 0 Å². The number of hydrogen-bond donors (Lipinski definition) is 0. The fourth-order valence-electron chi connectivity index (χ4n) is 1.55. The second-order valence-electron chi connectivity index (χ2n) is 2.86. The molecule has 0 N–H and O–H groups in total. The van der Waals surface area contributed by atoms with Crippen molar-refractivity contribution in [1.29, 1.82) is 0 Å². The maximum atomic E-state index is 2.44. The molecule has 0 heterocycles. The van der Waals surface area contributed by atoms with E-state index in [9.17, 15) is 0 Å². The minimum absolute atomic E-state index is 0.911. The number of hydrogen-bond acceptors (Lipinski definition) is 0. The first-order chi connectivity index (χ1) is 3.36. The van der Waals surface area contributed by atoms with Gasteiger partial charge in [0.1, 0.15) is 0 Å². The molecule has 2 rings (SSSR count). The van der Waals surface area contributed by atoms with E-state index in [1.54, 1.807) is 5.57 Å². The third kappa shape index (κ3) is 0.425. The molecule has 0 nitrogen and oxygen atoms in total. The lowest BCUT2D eigenvalue weighted by Gasteiger charge is -1.94. The fourth-order valence-corrected chi connectivity index (χ4v) is 1.55. The van der Waals surface area contributed by atoms with Gasteiger partial charge in [0.2, 0.25) is 0 Å². The van der Waals surface area contributed by atoms with E-state index in [0.717, 1.165) is 11.8 Å². The molecule has 0 aromatic carbocycles. The molecule has 38 valence electrons. The molecule has 7 heavy (non-hydrogen) atoms. The summed E-state index contributed by atoms with van der Waals surface area (Å²) in [5.74, 6) is 1.96. The first-order valence-electron chi connectivity index (χ1n) is 3.07. The van der Waals surface area contributed by atoms with E-state index in [2.05, 4.69) is 13.0 Å². The molecule has 0 saturated heterocycles. The van der Waals surface area contributed by atoms with Crippen LogP contribution in [0.25, 0.3) is 0 Å². The van der Waals surface area contributed by atoms with E-state index in [0.29, 0.717) is 0 Å². The van der Waals surface area contributed by atoms with Crippen LogP contribution in [0.1, 0.15) is 19.8 Å². The number of fused-ring (bicyclic) bond motifs is 1. The molecule has 1 fully saturated rings. The zero-order valence-corrected chi connectivity index (χ0v) is 4.65. The van der Waals surface area contributed by atoms with Gasteiger partial charge in [-0.25, -0.2) is 0 Å². The largest absolute Gasteiger partial charge is 0.0822 e. The Morgan fingerprint density at radius 3 is 2.86 bits per heavy atom. The summed E-state index contributed by atoms with van der Waals surface area (Å²) in [6, 6.07) is 0. The van der Waals surface area contributed by atoms with Crippen LogP contribution in [0.3, 0.4) is 0 Å². The van der Waals surface area contributed by atoms with Crippen LogP contribution in [0.5, 0.6) is 0 Å². The Balaban J connectivity index is 2.23. The minimum Gasteiger partial charge on any atom is -0.0822 e. The van der Waals surface area contributed by atoms with Gasteiger partial charge in [0, 0.05) is 0 Å². The summed E-state index contributed by atoms with van der Waals surface area (Å²) in [4.78, 5) is 0.